The van der Waals surface area contributed by atoms with E-state index in [1.54, 1.807) is 6.20 Å². The third-order valence-corrected chi connectivity index (χ3v) is 6.39. The molecular weight excluding hydrogens is 427 g/mol. The fourth-order valence-corrected chi connectivity index (χ4v) is 4.48. The molecule has 0 aliphatic carbocycles. The van der Waals surface area contributed by atoms with Gasteiger partial charge >= 0.3 is 6.18 Å². The molecule has 0 saturated heterocycles. The van der Waals surface area contributed by atoms with Crippen molar-refractivity contribution in [3.8, 4) is 0 Å². The summed E-state index contributed by atoms with van der Waals surface area (Å²) in [4.78, 5) is 4.58. The average molecular weight is 448 g/mol. The number of rotatable bonds is 10. The zero-order valence-corrected chi connectivity index (χ0v) is 16.9. The molecule has 0 amide bonds. The first-order chi connectivity index (χ1) is 13.8. The molecule has 3 aromatic rings. The summed E-state index contributed by atoms with van der Waals surface area (Å²) in [5.74, 6) is 0.747. The molecule has 0 aliphatic rings. The Morgan fingerprint density at radius 2 is 1.86 bits per heavy atom. The van der Waals surface area contributed by atoms with E-state index in [4.69, 9.17) is 0 Å². The molecule has 0 saturated carbocycles. The summed E-state index contributed by atoms with van der Waals surface area (Å²) in [6.07, 6.45) is 2.12. The van der Waals surface area contributed by atoms with Crippen LogP contribution in [0.15, 0.2) is 41.6 Å². The van der Waals surface area contributed by atoms with Crippen LogP contribution in [0.1, 0.15) is 31.2 Å². The highest BCUT2D eigenvalue weighted by Crippen LogP contribution is 2.30. The van der Waals surface area contributed by atoms with E-state index >= 15 is 0 Å². The number of hydrogen-bond donors (Lipinski definition) is 2. The van der Waals surface area contributed by atoms with Crippen LogP contribution in [0.5, 0.6) is 0 Å². The van der Waals surface area contributed by atoms with Crippen molar-refractivity contribution in [3.05, 3.63) is 42.2 Å². The van der Waals surface area contributed by atoms with Gasteiger partial charge in [-0.2, -0.15) is 17.5 Å². The normalized spacial score (nSPS) is 12.5. The highest BCUT2D eigenvalue weighted by Gasteiger charge is 2.31. The molecule has 0 atom stereocenters. The SMILES string of the molecule is O=S(=O)(NCCCCCCNc1nsc2nccn12)c1cccc(C(F)(F)F)c1. The second kappa shape index (κ2) is 9.09. The van der Waals surface area contributed by atoms with Gasteiger partial charge in [0.05, 0.1) is 10.5 Å². The molecule has 0 fully saturated rings. The van der Waals surface area contributed by atoms with Crippen LogP contribution in [0.2, 0.25) is 0 Å². The number of anilines is 1. The first-order valence-electron chi connectivity index (χ1n) is 8.97. The van der Waals surface area contributed by atoms with Crippen molar-refractivity contribution in [3.63, 3.8) is 0 Å². The zero-order chi connectivity index (χ0) is 20.9. The van der Waals surface area contributed by atoms with Crippen molar-refractivity contribution >= 4 is 32.5 Å². The monoisotopic (exact) mass is 447 g/mol. The van der Waals surface area contributed by atoms with Gasteiger partial charge in [0.15, 0.2) is 0 Å². The molecule has 29 heavy (non-hydrogen) atoms. The second-order valence-corrected chi connectivity index (χ2v) is 8.85. The van der Waals surface area contributed by atoms with Gasteiger partial charge in [-0.3, -0.25) is 4.40 Å². The molecule has 2 N–H and O–H groups in total. The highest BCUT2D eigenvalue weighted by atomic mass is 32.2. The molecule has 3 rings (SSSR count). The largest absolute Gasteiger partial charge is 0.416 e. The van der Waals surface area contributed by atoms with Crippen molar-refractivity contribution in [1.82, 2.24) is 18.5 Å². The Bertz CT molecular complexity index is 1050. The number of sulfonamides is 1. The molecule has 1 aromatic carbocycles. The van der Waals surface area contributed by atoms with Gasteiger partial charge in [-0.1, -0.05) is 18.9 Å². The lowest BCUT2D eigenvalue weighted by Crippen LogP contribution is -2.25. The first kappa shape index (κ1) is 21.5. The topological polar surface area (TPSA) is 88.4 Å². The summed E-state index contributed by atoms with van der Waals surface area (Å²) in [5, 5.41) is 3.23. The maximum absolute atomic E-state index is 12.7. The minimum absolute atomic E-state index is 0.174. The summed E-state index contributed by atoms with van der Waals surface area (Å²) in [6, 6.07) is 3.73. The summed E-state index contributed by atoms with van der Waals surface area (Å²) >= 11 is 1.31. The van der Waals surface area contributed by atoms with E-state index in [-0.39, 0.29) is 11.4 Å². The van der Waals surface area contributed by atoms with Crippen molar-refractivity contribution in [2.45, 2.75) is 36.8 Å². The molecule has 12 heteroatoms. The number of halogens is 3. The maximum Gasteiger partial charge on any atom is 0.416 e. The minimum Gasteiger partial charge on any atom is -0.355 e. The van der Waals surface area contributed by atoms with Crippen LogP contribution < -0.4 is 10.0 Å². The van der Waals surface area contributed by atoms with Gasteiger partial charge < -0.3 is 5.32 Å². The molecule has 0 unspecified atom stereocenters. The van der Waals surface area contributed by atoms with Crippen LogP contribution in [-0.2, 0) is 16.2 Å². The Morgan fingerprint density at radius 3 is 2.62 bits per heavy atom. The van der Waals surface area contributed by atoms with E-state index in [2.05, 4.69) is 19.4 Å². The van der Waals surface area contributed by atoms with Crippen molar-refractivity contribution in [2.75, 3.05) is 18.4 Å². The van der Waals surface area contributed by atoms with Crippen LogP contribution in [-0.4, -0.2) is 35.3 Å². The van der Waals surface area contributed by atoms with Crippen LogP contribution >= 0.6 is 11.5 Å². The average Bonchev–Trinajstić information content (AvgIpc) is 3.28. The molecule has 0 aliphatic heterocycles. The number of fused-ring (bicyclic) bond motifs is 1. The maximum atomic E-state index is 12.7. The Balaban J connectivity index is 1.35. The van der Waals surface area contributed by atoms with Gasteiger partial charge in [-0.15, -0.1) is 0 Å². The molecule has 2 aromatic heterocycles. The van der Waals surface area contributed by atoms with Crippen molar-refractivity contribution < 1.29 is 21.6 Å². The number of benzene rings is 1. The zero-order valence-electron chi connectivity index (χ0n) is 15.3. The lowest BCUT2D eigenvalue weighted by atomic mass is 10.2. The highest BCUT2D eigenvalue weighted by molar-refractivity contribution is 7.89. The third kappa shape index (κ3) is 5.67. The van der Waals surface area contributed by atoms with E-state index in [1.165, 1.54) is 11.5 Å². The summed E-state index contributed by atoms with van der Waals surface area (Å²) < 4.78 is 71.0. The van der Waals surface area contributed by atoms with Crippen molar-refractivity contribution in [2.24, 2.45) is 0 Å². The molecule has 158 valence electrons. The summed E-state index contributed by atoms with van der Waals surface area (Å²) in [7, 11) is -3.96. The van der Waals surface area contributed by atoms with E-state index in [1.807, 2.05) is 10.6 Å². The van der Waals surface area contributed by atoms with Gasteiger partial charge in [0.2, 0.25) is 20.9 Å². The number of aromatic nitrogens is 3. The summed E-state index contributed by atoms with van der Waals surface area (Å²) in [6.45, 7) is 0.903. The van der Waals surface area contributed by atoms with Crippen LogP contribution in [0.4, 0.5) is 19.1 Å². The number of nitrogens with one attached hydrogen (secondary N) is 2. The summed E-state index contributed by atoms with van der Waals surface area (Å²) in [5.41, 5.74) is -0.985. The number of alkyl halides is 3. The fourth-order valence-electron chi connectivity index (χ4n) is 2.70. The van der Waals surface area contributed by atoms with E-state index in [9.17, 15) is 21.6 Å². The molecule has 2 heterocycles. The predicted octanol–water partition coefficient (Wildman–Crippen LogP) is 3.76. The first-order valence-corrected chi connectivity index (χ1v) is 11.2. The molecule has 0 spiro atoms. The number of unbranched alkanes of at least 4 members (excludes halogenated alkanes) is 3. The molecule has 0 radical (unpaired) electrons. The lowest BCUT2D eigenvalue weighted by molar-refractivity contribution is -0.137. The Morgan fingerprint density at radius 1 is 1.10 bits per heavy atom. The van der Waals surface area contributed by atoms with Gasteiger partial charge in [0, 0.05) is 37.0 Å². The fraction of sp³-hybridized carbons (Fsp3) is 0.412. The molecule has 0 bridgehead atoms. The Kier molecular flexibility index (Phi) is 6.75. The van der Waals surface area contributed by atoms with Crippen LogP contribution in [0.25, 0.3) is 4.96 Å². The lowest BCUT2D eigenvalue weighted by Gasteiger charge is -2.10. The van der Waals surface area contributed by atoms with Crippen LogP contribution in [0, 0.1) is 0 Å². The van der Waals surface area contributed by atoms with Crippen LogP contribution in [0.3, 0.4) is 0 Å². The number of nitrogens with zero attached hydrogens (tertiary/aromatic N) is 3. The molecule has 7 nitrogen and oxygen atoms in total. The Labute approximate surface area is 170 Å². The smallest absolute Gasteiger partial charge is 0.355 e. The third-order valence-electron chi connectivity index (χ3n) is 4.20. The number of hydrogen-bond acceptors (Lipinski definition) is 6. The molecular formula is C17H20F3N5O2S2. The van der Waals surface area contributed by atoms with E-state index in [0.29, 0.717) is 12.5 Å². The second-order valence-electron chi connectivity index (χ2n) is 6.35. The van der Waals surface area contributed by atoms with Gasteiger partial charge in [0.1, 0.15) is 0 Å². The van der Waals surface area contributed by atoms with Crippen molar-refractivity contribution in [1.29, 1.82) is 0 Å². The van der Waals surface area contributed by atoms with Gasteiger partial charge in [-0.25, -0.2) is 18.1 Å². The number of imidazole rings is 1. The van der Waals surface area contributed by atoms with Gasteiger partial charge in [0.25, 0.3) is 0 Å². The quantitative estimate of drug-likeness (QED) is 0.462. The standard InChI is InChI=1S/C17H20F3N5O2S2/c18-17(19,20)13-6-5-7-14(12-13)29(26,27)23-9-4-2-1-3-8-21-15-24-28-16-22-10-11-25(15)16/h5-7,10-12,23H,1-4,8-9H2,(H,21,24). The van der Waals surface area contributed by atoms with E-state index in [0.717, 1.165) is 54.9 Å². The Hall–Kier alpha value is -2.18. The van der Waals surface area contributed by atoms with E-state index < -0.39 is 21.8 Å². The predicted molar refractivity (Wildman–Crippen MR) is 104 cm³/mol. The minimum atomic E-state index is -4.58. The van der Waals surface area contributed by atoms with Gasteiger partial charge in [-0.05, 0) is 31.0 Å².